The molecule has 2 heterocycles. The van der Waals surface area contributed by atoms with E-state index < -0.39 is 0 Å². The molecule has 2 nitrogen and oxygen atoms in total. The molecule has 0 aliphatic heterocycles. The van der Waals surface area contributed by atoms with Crippen LogP contribution in [0.1, 0.15) is 20.9 Å². The fraction of sp³-hybridized carbons (Fsp3) is 0.0909. The molecule has 0 amide bonds. The van der Waals surface area contributed by atoms with E-state index in [0.29, 0.717) is 10.6 Å². The smallest absolute Gasteiger partial charge is 0.213 e. The first-order valence-corrected chi connectivity index (χ1v) is 6.12. The van der Waals surface area contributed by atoms with Gasteiger partial charge in [-0.1, -0.05) is 23.2 Å². The van der Waals surface area contributed by atoms with Crippen LogP contribution in [0.25, 0.3) is 0 Å². The van der Waals surface area contributed by atoms with Gasteiger partial charge in [-0.25, -0.2) is 4.98 Å². The van der Waals surface area contributed by atoms with Crippen molar-refractivity contribution >= 4 is 40.3 Å². The predicted octanol–water partition coefficient (Wildman–Crippen LogP) is 3.99. The number of halogens is 2. The summed E-state index contributed by atoms with van der Waals surface area (Å²) in [6.07, 6.45) is 1.42. The largest absolute Gasteiger partial charge is 0.287 e. The van der Waals surface area contributed by atoms with Crippen LogP contribution in [0.2, 0.25) is 10.0 Å². The van der Waals surface area contributed by atoms with E-state index in [-0.39, 0.29) is 16.5 Å². The Morgan fingerprint density at radius 1 is 1.38 bits per heavy atom. The van der Waals surface area contributed by atoms with Gasteiger partial charge in [0.05, 0.1) is 10.0 Å². The van der Waals surface area contributed by atoms with Crippen LogP contribution < -0.4 is 0 Å². The summed E-state index contributed by atoms with van der Waals surface area (Å²) in [7, 11) is 0. The number of pyridine rings is 1. The lowest BCUT2D eigenvalue weighted by atomic mass is 10.1. The molecular weight excluding hydrogens is 265 g/mol. The molecule has 2 aromatic heterocycles. The zero-order chi connectivity index (χ0) is 11.7. The molecular formula is C11H7Cl2NOS. The number of carbonyl (C=O) groups is 1. The highest BCUT2D eigenvalue weighted by atomic mass is 35.5. The summed E-state index contributed by atoms with van der Waals surface area (Å²) >= 11 is 13.2. The second-order valence-electron chi connectivity index (χ2n) is 3.26. The summed E-state index contributed by atoms with van der Waals surface area (Å²) in [5.41, 5.74) is 0.850. The van der Waals surface area contributed by atoms with Crippen LogP contribution in [0, 0.1) is 6.92 Å². The van der Waals surface area contributed by atoms with E-state index in [1.165, 1.54) is 23.6 Å². The molecule has 82 valence electrons. The van der Waals surface area contributed by atoms with Gasteiger partial charge < -0.3 is 0 Å². The van der Waals surface area contributed by atoms with Crippen molar-refractivity contribution in [2.45, 2.75) is 6.92 Å². The van der Waals surface area contributed by atoms with E-state index in [1.807, 2.05) is 13.0 Å². The standard InChI is InChI=1S/C11H7Cl2NOS/c1-6-2-7(5-16-6)11(15)10-9(13)3-8(12)4-14-10/h2-5H,1H3. The van der Waals surface area contributed by atoms with Gasteiger partial charge in [-0.3, -0.25) is 4.79 Å². The van der Waals surface area contributed by atoms with Gasteiger partial charge in [0, 0.05) is 22.0 Å². The first-order valence-electron chi connectivity index (χ1n) is 4.49. The number of aryl methyl sites for hydroxylation is 1. The van der Waals surface area contributed by atoms with Crippen molar-refractivity contribution in [2.24, 2.45) is 0 Å². The molecule has 0 atom stereocenters. The summed E-state index contributed by atoms with van der Waals surface area (Å²) in [6, 6.07) is 3.34. The van der Waals surface area contributed by atoms with E-state index in [2.05, 4.69) is 4.98 Å². The SMILES string of the molecule is Cc1cc(C(=O)c2ncc(Cl)cc2Cl)cs1. The second kappa shape index (κ2) is 4.53. The molecule has 0 N–H and O–H groups in total. The third-order valence-electron chi connectivity index (χ3n) is 2.02. The number of rotatable bonds is 2. The van der Waals surface area contributed by atoms with Crippen molar-refractivity contribution in [1.82, 2.24) is 4.98 Å². The normalized spacial score (nSPS) is 10.4. The Morgan fingerprint density at radius 2 is 2.12 bits per heavy atom. The maximum atomic E-state index is 12.0. The number of thiophene rings is 1. The van der Waals surface area contributed by atoms with Crippen LogP contribution in [0.3, 0.4) is 0 Å². The summed E-state index contributed by atoms with van der Waals surface area (Å²) in [4.78, 5) is 17.0. The van der Waals surface area contributed by atoms with Crippen LogP contribution in [0.15, 0.2) is 23.7 Å². The average molecular weight is 272 g/mol. The Bertz CT molecular complexity index is 551. The minimum absolute atomic E-state index is 0.175. The van der Waals surface area contributed by atoms with Gasteiger partial charge in [-0.2, -0.15) is 0 Å². The quantitative estimate of drug-likeness (QED) is 0.774. The number of hydrogen-bond donors (Lipinski definition) is 0. The van der Waals surface area contributed by atoms with Crippen molar-refractivity contribution in [3.05, 3.63) is 49.9 Å². The molecule has 0 bridgehead atoms. The van der Waals surface area contributed by atoms with Crippen molar-refractivity contribution in [3.8, 4) is 0 Å². The number of ketones is 1. The number of carbonyl (C=O) groups excluding carboxylic acids is 1. The molecule has 0 aromatic carbocycles. The van der Waals surface area contributed by atoms with Crippen LogP contribution in [-0.4, -0.2) is 10.8 Å². The lowest BCUT2D eigenvalue weighted by Gasteiger charge is -2.00. The topological polar surface area (TPSA) is 30.0 Å². The maximum absolute atomic E-state index is 12.0. The van der Waals surface area contributed by atoms with Crippen LogP contribution in [0.5, 0.6) is 0 Å². The van der Waals surface area contributed by atoms with Gasteiger partial charge in [0.1, 0.15) is 5.69 Å². The molecule has 5 heteroatoms. The summed E-state index contributed by atoms with van der Waals surface area (Å²) in [6.45, 7) is 1.94. The van der Waals surface area contributed by atoms with Gasteiger partial charge in [0.25, 0.3) is 0 Å². The van der Waals surface area contributed by atoms with E-state index in [1.54, 1.807) is 5.38 Å². The first-order chi connectivity index (χ1) is 7.58. The fourth-order valence-electron chi connectivity index (χ4n) is 1.28. The van der Waals surface area contributed by atoms with Gasteiger partial charge in [-0.15, -0.1) is 11.3 Å². The Hall–Kier alpha value is -0.900. The van der Waals surface area contributed by atoms with E-state index in [0.717, 1.165) is 4.88 Å². The van der Waals surface area contributed by atoms with E-state index in [4.69, 9.17) is 23.2 Å². The zero-order valence-corrected chi connectivity index (χ0v) is 10.7. The highest BCUT2D eigenvalue weighted by molar-refractivity contribution is 7.10. The lowest BCUT2D eigenvalue weighted by molar-refractivity contribution is 0.103. The van der Waals surface area contributed by atoms with Gasteiger partial charge in [0.2, 0.25) is 5.78 Å². The van der Waals surface area contributed by atoms with Gasteiger partial charge >= 0.3 is 0 Å². The number of nitrogens with zero attached hydrogens (tertiary/aromatic N) is 1. The van der Waals surface area contributed by atoms with Gasteiger partial charge in [0.15, 0.2) is 0 Å². The van der Waals surface area contributed by atoms with Crippen molar-refractivity contribution in [1.29, 1.82) is 0 Å². The van der Waals surface area contributed by atoms with E-state index >= 15 is 0 Å². The molecule has 0 radical (unpaired) electrons. The molecule has 0 saturated heterocycles. The molecule has 0 aliphatic rings. The molecule has 16 heavy (non-hydrogen) atoms. The lowest BCUT2D eigenvalue weighted by Crippen LogP contribution is -2.03. The second-order valence-corrected chi connectivity index (χ2v) is 5.22. The summed E-state index contributed by atoms with van der Waals surface area (Å²) in [5.74, 6) is -0.175. The molecule has 0 saturated carbocycles. The van der Waals surface area contributed by atoms with Crippen molar-refractivity contribution in [2.75, 3.05) is 0 Å². The highest BCUT2D eigenvalue weighted by Crippen LogP contribution is 2.23. The molecule has 0 aliphatic carbocycles. The molecule has 2 aromatic rings. The number of hydrogen-bond acceptors (Lipinski definition) is 3. The maximum Gasteiger partial charge on any atom is 0.213 e. The minimum Gasteiger partial charge on any atom is -0.287 e. The third-order valence-corrected chi connectivity index (χ3v) is 3.37. The fourth-order valence-corrected chi connectivity index (χ4v) is 2.43. The molecule has 2 rings (SSSR count). The first kappa shape index (κ1) is 11.6. The molecule has 0 spiro atoms. The minimum atomic E-state index is -0.175. The Morgan fingerprint density at radius 3 is 2.69 bits per heavy atom. The third kappa shape index (κ3) is 2.26. The highest BCUT2D eigenvalue weighted by Gasteiger charge is 2.15. The Labute approximate surface area is 107 Å². The number of aromatic nitrogens is 1. The average Bonchev–Trinajstić information content (AvgIpc) is 2.64. The summed E-state index contributed by atoms with van der Waals surface area (Å²) in [5, 5.41) is 2.49. The Balaban J connectivity index is 2.41. The van der Waals surface area contributed by atoms with Crippen LogP contribution >= 0.6 is 34.5 Å². The van der Waals surface area contributed by atoms with Gasteiger partial charge in [-0.05, 0) is 19.1 Å². The van der Waals surface area contributed by atoms with Crippen molar-refractivity contribution < 1.29 is 4.79 Å². The van der Waals surface area contributed by atoms with Crippen LogP contribution in [0.4, 0.5) is 0 Å². The molecule has 0 fully saturated rings. The van der Waals surface area contributed by atoms with Crippen LogP contribution in [-0.2, 0) is 0 Å². The monoisotopic (exact) mass is 271 g/mol. The van der Waals surface area contributed by atoms with Crippen molar-refractivity contribution in [3.63, 3.8) is 0 Å². The Kier molecular flexibility index (Phi) is 3.28. The predicted molar refractivity (Wildman–Crippen MR) is 66.7 cm³/mol. The van der Waals surface area contributed by atoms with E-state index in [9.17, 15) is 4.79 Å². The zero-order valence-electron chi connectivity index (χ0n) is 8.33. The summed E-state index contributed by atoms with van der Waals surface area (Å²) < 4.78 is 0. The molecule has 0 unspecified atom stereocenters.